The number of hydrogen-bond donors (Lipinski definition) is 0. The van der Waals surface area contributed by atoms with Gasteiger partial charge in [0.25, 0.3) is 5.91 Å². The molecular formula is C9H12N2OS3. The second kappa shape index (κ2) is 4.35. The van der Waals surface area contributed by atoms with Gasteiger partial charge in [-0.25, -0.2) is 0 Å². The molecular weight excluding hydrogens is 248 g/mol. The second-order valence-corrected chi connectivity index (χ2v) is 6.05. The number of thiocarbonyl (C=S) groups is 1. The highest BCUT2D eigenvalue weighted by molar-refractivity contribution is 8.27. The van der Waals surface area contributed by atoms with Gasteiger partial charge in [-0.3, -0.25) is 9.69 Å². The highest BCUT2D eigenvalue weighted by atomic mass is 32.2. The lowest BCUT2D eigenvalue weighted by molar-refractivity contribution is -0.122. The molecule has 0 aromatic rings. The maximum absolute atomic E-state index is 12.0. The van der Waals surface area contributed by atoms with Crippen molar-refractivity contribution in [2.24, 2.45) is 0 Å². The summed E-state index contributed by atoms with van der Waals surface area (Å²) in [5.74, 6) is 1.13. The van der Waals surface area contributed by atoms with Crippen molar-refractivity contribution >= 4 is 46.0 Å². The molecule has 0 aromatic heterocycles. The molecule has 82 valence electrons. The Labute approximate surface area is 103 Å². The number of carbonyl (C=O) groups excluding carboxylic acids is 1. The molecule has 2 rings (SSSR count). The molecule has 0 atom stereocenters. The van der Waals surface area contributed by atoms with Crippen LogP contribution >= 0.6 is 35.7 Å². The van der Waals surface area contributed by atoms with Crippen molar-refractivity contribution in [2.75, 3.05) is 25.9 Å². The van der Waals surface area contributed by atoms with Crippen LogP contribution in [0.3, 0.4) is 0 Å². The summed E-state index contributed by atoms with van der Waals surface area (Å²) in [7, 11) is 2.02. The normalized spacial score (nSPS) is 27.1. The summed E-state index contributed by atoms with van der Waals surface area (Å²) in [5.41, 5.74) is 0. The van der Waals surface area contributed by atoms with E-state index in [1.807, 2.05) is 14.0 Å². The molecule has 0 radical (unpaired) electrons. The number of amides is 1. The van der Waals surface area contributed by atoms with E-state index in [2.05, 4.69) is 4.90 Å². The first-order chi connectivity index (χ1) is 7.15. The van der Waals surface area contributed by atoms with E-state index in [-0.39, 0.29) is 5.91 Å². The van der Waals surface area contributed by atoms with E-state index in [9.17, 15) is 4.79 Å². The predicted molar refractivity (Wildman–Crippen MR) is 69.7 cm³/mol. The average Bonchev–Trinajstić information content (AvgIpc) is 2.71. The average molecular weight is 260 g/mol. The zero-order chi connectivity index (χ0) is 11.0. The van der Waals surface area contributed by atoms with E-state index in [0.717, 1.165) is 22.2 Å². The maximum Gasteiger partial charge on any atom is 0.268 e. The van der Waals surface area contributed by atoms with Gasteiger partial charge in [0.1, 0.15) is 9.23 Å². The fourth-order valence-electron chi connectivity index (χ4n) is 1.53. The van der Waals surface area contributed by atoms with E-state index in [1.165, 1.54) is 11.8 Å². The smallest absolute Gasteiger partial charge is 0.268 e. The fourth-order valence-corrected chi connectivity index (χ4v) is 4.32. The van der Waals surface area contributed by atoms with E-state index >= 15 is 0 Å². The number of nitrogens with zero attached hydrogens (tertiary/aromatic N) is 2. The van der Waals surface area contributed by atoms with Crippen LogP contribution in [0.2, 0.25) is 0 Å². The summed E-state index contributed by atoms with van der Waals surface area (Å²) in [6.07, 6.45) is 0. The molecule has 2 aliphatic rings. The van der Waals surface area contributed by atoms with Crippen molar-refractivity contribution in [1.29, 1.82) is 0 Å². The van der Waals surface area contributed by atoms with Crippen LogP contribution in [0.5, 0.6) is 0 Å². The van der Waals surface area contributed by atoms with Gasteiger partial charge in [0, 0.05) is 25.9 Å². The van der Waals surface area contributed by atoms with E-state index in [0.29, 0.717) is 10.9 Å². The van der Waals surface area contributed by atoms with Crippen molar-refractivity contribution in [3.8, 4) is 0 Å². The van der Waals surface area contributed by atoms with Crippen LogP contribution in [0, 0.1) is 0 Å². The first kappa shape index (κ1) is 11.3. The molecule has 0 aliphatic carbocycles. The van der Waals surface area contributed by atoms with Gasteiger partial charge in [-0.15, -0.1) is 11.8 Å². The van der Waals surface area contributed by atoms with Crippen LogP contribution in [-0.4, -0.2) is 45.9 Å². The van der Waals surface area contributed by atoms with E-state index in [1.54, 1.807) is 16.7 Å². The molecule has 0 bridgehead atoms. The minimum atomic E-state index is 0.0729. The molecule has 2 saturated heterocycles. The number of likely N-dealkylation sites (N-methyl/N-ethyl adjacent to an activating group) is 1. The van der Waals surface area contributed by atoms with Crippen LogP contribution in [0.25, 0.3) is 0 Å². The molecule has 0 unspecified atom stereocenters. The standard InChI is InChI=1S/C9H12N2OS3/c1-3-11-7(12)6(15-9(11)13)8-10(2)4-5-14-8/h3-5H2,1-2H3/b8-6+. The SMILES string of the molecule is CCN1C(=O)/C(=C2\SCCN2C)SC1=S. The monoisotopic (exact) mass is 260 g/mol. The minimum Gasteiger partial charge on any atom is -0.368 e. The van der Waals surface area contributed by atoms with Crippen molar-refractivity contribution in [2.45, 2.75) is 6.92 Å². The van der Waals surface area contributed by atoms with E-state index < -0.39 is 0 Å². The van der Waals surface area contributed by atoms with Crippen LogP contribution in [0.4, 0.5) is 0 Å². The summed E-state index contributed by atoms with van der Waals surface area (Å²) in [4.78, 5) is 16.6. The highest BCUT2D eigenvalue weighted by Gasteiger charge is 2.35. The first-order valence-corrected chi connectivity index (χ1v) is 6.98. The summed E-state index contributed by atoms with van der Waals surface area (Å²) >= 11 is 8.35. The molecule has 15 heavy (non-hydrogen) atoms. The molecule has 3 nitrogen and oxygen atoms in total. The Balaban J connectivity index is 2.32. The molecule has 0 aromatic carbocycles. The van der Waals surface area contributed by atoms with Gasteiger partial charge < -0.3 is 4.90 Å². The van der Waals surface area contributed by atoms with Gasteiger partial charge in [0.05, 0.1) is 5.03 Å². The Kier molecular flexibility index (Phi) is 3.27. The molecule has 0 N–H and O–H groups in total. The molecule has 0 spiro atoms. The van der Waals surface area contributed by atoms with Gasteiger partial charge in [0.2, 0.25) is 0 Å². The highest BCUT2D eigenvalue weighted by Crippen LogP contribution is 2.40. The largest absolute Gasteiger partial charge is 0.368 e. The molecule has 2 fully saturated rings. The van der Waals surface area contributed by atoms with Crippen molar-refractivity contribution < 1.29 is 4.79 Å². The first-order valence-electron chi connectivity index (χ1n) is 4.77. The number of carbonyl (C=O) groups is 1. The van der Waals surface area contributed by atoms with Crippen molar-refractivity contribution in [3.63, 3.8) is 0 Å². The Bertz CT molecular complexity index is 353. The Morgan fingerprint density at radius 1 is 1.53 bits per heavy atom. The Hall–Kier alpha value is -0.200. The summed E-state index contributed by atoms with van der Waals surface area (Å²) in [6, 6.07) is 0. The van der Waals surface area contributed by atoms with Gasteiger partial charge >= 0.3 is 0 Å². The zero-order valence-electron chi connectivity index (χ0n) is 8.65. The van der Waals surface area contributed by atoms with Crippen LogP contribution in [-0.2, 0) is 4.79 Å². The number of hydrogen-bond acceptors (Lipinski definition) is 5. The fraction of sp³-hybridized carbons (Fsp3) is 0.556. The zero-order valence-corrected chi connectivity index (χ0v) is 11.1. The molecule has 2 aliphatic heterocycles. The summed E-state index contributed by atoms with van der Waals surface area (Å²) in [6.45, 7) is 3.62. The van der Waals surface area contributed by atoms with Gasteiger partial charge in [-0.2, -0.15) is 0 Å². The van der Waals surface area contributed by atoms with Crippen LogP contribution in [0.1, 0.15) is 6.92 Å². The Morgan fingerprint density at radius 3 is 2.73 bits per heavy atom. The second-order valence-electron chi connectivity index (χ2n) is 3.32. The van der Waals surface area contributed by atoms with Crippen LogP contribution < -0.4 is 0 Å². The summed E-state index contributed by atoms with van der Waals surface area (Å²) < 4.78 is 0.686. The van der Waals surface area contributed by atoms with Crippen LogP contribution in [0.15, 0.2) is 9.93 Å². The lowest BCUT2D eigenvalue weighted by Crippen LogP contribution is -2.28. The third-order valence-corrected chi connectivity index (χ3v) is 5.11. The maximum atomic E-state index is 12.0. The molecule has 0 saturated carbocycles. The van der Waals surface area contributed by atoms with Gasteiger partial charge in [-0.1, -0.05) is 24.0 Å². The lowest BCUT2D eigenvalue weighted by Gasteiger charge is -2.13. The van der Waals surface area contributed by atoms with Gasteiger partial charge in [0.15, 0.2) is 0 Å². The minimum absolute atomic E-state index is 0.0729. The molecule has 2 heterocycles. The molecule has 1 amide bonds. The van der Waals surface area contributed by atoms with E-state index in [4.69, 9.17) is 12.2 Å². The lowest BCUT2D eigenvalue weighted by atomic mass is 10.4. The van der Waals surface area contributed by atoms with Crippen molar-refractivity contribution in [1.82, 2.24) is 9.80 Å². The Morgan fingerprint density at radius 2 is 2.27 bits per heavy atom. The third kappa shape index (κ3) is 1.90. The topological polar surface area (TPSA) is 23.6 Å². The third-order valence-electron chi connectivity index (χ3n) is 2.37. The van der Waals surface area contributed by atoms with Gasteiger partial charge in [-0.05, 0) is 6.92 Å². The summed E-state index contributed by atoms with van der Waals surface area (Å²) in [5, 5.41) is 1.09. The molecule has 6 heteroatoms. The number of thioether (sulfide) groups is 2. The predicted octanol–water partition coefficient (Wildman–Crippen LogP) is 1.71. The number of rotatable bonds is 1. The van der Waals surface area contributed by atoms with Crippen molar-refractivity contribution in [3.05, 3.63) is 9.93 Å². The quantitative estimate of drug-likeness (QED) is 0.528.